The number of carbonyl (C=O) groups excluding carboxylic acids is 1. The van der Waals surface area contributed by atoms with Crippen LogP contribution in [0.4, 0.5) is 5.69 Å². The first-order chi connectivity index (χ1) is 9.36. The average molecular weight is 301 g/mol. The van der Waals surface area contributed by atoms with Crippen LogP contribution in [0.25, 0.3) is 0 Å². The van der Waals surface area contributed by atoms with E-state index in [0.29, 0.717) is 6.42 Å². The van der Waals surface area contributed by atoms with Gasteiger partial charge >= 0.3 is 5.97 Å². The quantitative estimate of drug-likeness (QED) is 0.618. The van der Waals surface area contributed by atoms with E-state index in [0.717, 1.165) is 6.07 Å². The third-order valence-electron chi connectivity index (χ3n) is 2.58. The van der Waals surface area contributed by atoms with Crippen molar-refractivity contribution >= 4 is 29.2 Å². The van der Waals surface area contributed by atoms with Crippen molar-refractivity contribution < 1.29 is 19.6 Å². The van der Waals surface area contributed by atoms with Gasteiger partial charge in [-0.25, -0.2) is 4.79 Å². The number of carboxylic acids is 1. The lowest BCUT2D eigenvalue weighted by molar-refractivity contribution is -0.385. The molecule has 0 fully saturated rings. The number of nitrogens with one attached hydrogen (secondary N) is 1. The largest absolute Gasteiger partial charge is 0.480 e. The summed E-state index contributed by atoms with van der Waals surface area (Å²) >= 11 is 5.64. The van der Waals surface area contributed by atoms with Crippen LogP contribution in [0.3, 0.4) is 0 Å². The molecule has 0 aromatic heterocycles. The monoisotopic (exact) mass is 300 g/mol. The molecular formula is C12H13ClN2O5. The first-order valence-electron chi connectivity index (χ1n) is 5.84. The summed E-state index contributed by atoms with van der Waals surface area (Å²) in [5.74, 6) is -1.99. The van der Waals surface area contributed by atoms with Gasteiger partial charge in [-0.15, -0.1) is 0 Å². The summed E-state index contributed by atoms with van der Waals surface area (Å²) in [5, 5.41) is 22.2. The zero-order valence-corrected chi connectivity index (χ0v) is 11.4. The number of aliphatic carboxylic acids is 1. The summed E-state index contributed by atoms with van der Waals surface area (Å²) < 4.78 is 0. The minimum absolute atomic E-state index is 0.122. The minimum atomic E-state index is -1.18. The van der Waals surface area contributed by atoms with Crippen molar-refractivity contribution in [3.8, 4) is 0 Å². The number of carboxylic acid groups (broad SMARTS) is 1. The van der Waals surface area contributed by atoms with Gasteiger partial charge in [0.15, 0.2) is 0 Å². The molecule has 0 saturated heterocycles. The van der Waals surface area contributed by atoms with Gasteiger partial charge in [-0.2, -0.15) is 0 Å². The fourth-order valence-electron chi connectivity index (χ4n) is 1.63. The molecule has 8 heteroatoms. The van der Waals surface area contributed by atoms with Crippen molar-refractivity contribution in [1.29, 1.82) is 0 Å². The molecule has 0 aliphatic carbocycles. The summed E-state index contributed by atoms with van der Waals surface area (Å²) in [4.78, 5) is 33.0. The van der Waals surface area contributed by atoms with Crippen molar-refractivity contribution in [2.45, 2.75) is 25.8 Å². The number of nitro groups is 1. The Morgan fingerprint density at radius 2 is 2.15 bits per heavy atom. The predicted octanol–water partition coefficient (Wildman–Crippen LogP) is 2.23. The van der Waals surface area contributed by atoms with Gasteiger partial charge < -0.3 is 10.4 Å². The van der Waals surface area contributed by atoms with Gasteiger partial charge in [-0.1, -0.05) is 24.9 Å². The number of carbonyl (C=O) groups is 2. The molecule has 0 unspecified atom stereocenters. The summed E-state index contributed by atoms with van der Waals surface area (Å²) in [7, 11) is 0. The summed E-state index contributed by atoms with van der Waals surface area (Å²) in [6.07, 6.45) is 0.794. The predicted molar refractivity (Wildman–Crippen MR) is 71.9 cm³/mol. The Bertz CT molecular complexity index is 547. The lowest BCUT2D eigenvalue weighted by atomic mass is 10.1. The Labute approximate surface area is 119 Å². The molecule has 108 valence electrons. The Kier molecular flexibility index (Phi) is 5.45. The van der Waals surface area contributed by atoms with E-state index in [1.807, 2.05) is 0 Å². The Morgan fingerprint density at radius 3 is 2.65 bits per heavy atom. The normalized spacial score (nSPS) is 11.7. The number of halogens is 1. The van der Waals surface area contributed by atoms with Crippen molar-refractivity contribution in [1.82, 2.24) is 5.32 Å². The van der Waals surface area contributed by atoms with Gasteiger partial charge in [0.2, 0.25) is 0 Å². The van der Waals surface area contributed by atoms with Crippen LogP contribution in [0.1, 0.15) is 30.1 Å². The zero-order chi connectivity index (χ0) is 15.3. The van der Waals surface area contributed by atoms with Crippen molar-refractivity contribution in [2.24, 2.45) is 0 Å². The Balaban J connectivity index is 3.03. The SMILES string of the molecule is CCC[C@@H](NC(=O)c1ccc(Cl)cc1[N+](=O)[O-])C(=O)O. The molecule has 20 heavy (non-hydrogen) atoms. The van der Waals surface area contributed by atoms with Crippen molar-refractivity contribution in [3.63, 3.8) is 0 Å². The van der Waals surface area contributed by atoms with Crippen LogP contribution >= 0.6 is 11.6 Å². The number of hydrogen-bond acceptors (Lipinski definition) is 4. The maximum absolute atomic E-state index is 11.9. The van der Waals surface area contributed by atoms with E-state index in [1.54, 1.807) is 6.92 Å². The van der Waals surface area contributed by atoms with Crippen LogP contribution in [-0.4, -0.2) is 27.9 Å². The van der Waals surface area contributed by atoms with Crippen molar-refractivity contribution in [2.75, 3.05) is 0 Å². The van der Waals surface area contributed by atoms with Gasteiger partial charge in [-0.05, 0) is 18.6 Å². The number of hydrogen-bond donors (Lipinski definition) is 2. The number of rotatable bonds is 6. The molecule has 1 aromatic carbocycles. The van der Waals surface area contributed by atoms with E-state index >= 15 is 0 Å². The van der Waals surface area contributed by atoms with Gasteiger partial charge in [0, 0.05) is 11.1 Å². The van der Waals surface area contributed by atoms with Gasteiger partial charge in [0.1, 0.15) is 11.6 Å². The minimum Gasteiger partial charge on any atom is -0.480 e. The van der Waals surface area contributed by atoms with E-state index in [2.05, 4.69) is 5.32 Å². The summed E-state index contributed by atoms with van der Waals surface area (Å²) in [6, 6.07) is 2.49. The average Bonchev–Trinajstić information content (AvgIpc) is 2.37. The van der Waals surface area contributed by atoms with E-state index in [-0.39, 0.29) is 17.0 Å². The molecule has 1 rings (SSSR count). The molecule has 2 N–H and O–H groups in total. The van der Waals surface area contributed by atoms with Crippen LogP contribution in [0.2, 0.25) is 5.02 Å². The zero-order valence-electron chi connectivity index (χ0n) is 10.6. The van der Waals surface area contributed by atoms with Crippen LogP contribution in [0.5, 0.6) is 0 Å². The highest BCUT2D eigenvalue weighted by molar-refractivity contribution is 6.31. The molecule has 0 radical (unpaired) electrons. The number of benzene rings is 1. The molecule has 0 spiro atoms. The fraction of sp³-hybridized carbons (Fsp3) is 0.333. The molecule has 1 aromatic rings. The van der Waals surface area contributed by atoms with Gasteiger partial charge in [0.25, 0.3) is 11.6 Å². The number of nitrogens with zero attached hydrogens (tertiary/aromatic N) is 1. The standard InChI is InChI=1S/C12H13ClN2O5/c1-2-3-9(12(17)18)14-11(16)8-5-4-7(13)6-10(8)15(19)20/h4-6,9H,2-3H2,1H3,(H,14,16)(H,17,18)/t9-/m1/s1. The molecule has 0 bridgehead atoms. The summed E-state index contributed by atoms with van der Waals surface area (Å²) in [6.45, 7) is 1.77. The Hall–Kier alpha value is -2.15. The maximum Gasteiger partial charge on any atom is 0.326 e. The molecule has 0 saturated carbocycles. The molecule has 7 nitrogen and oxygen atoms in total. The van der Waals surface area contributed by atoms with Gasteiger partial charge in [0.05, 0.1) is 4.92 Å². The van der Waals surface area contributed by atoms with Crippen LogP contribution < -0.4 is 5.32 Å². The molecule has 1 atom stereocenters. The third-order valence-corrected chi connectivity index (χ3v) is 2.82. The second kappa shape index (κ2) is 6.85. The molecule has 0 aliphatic rings. The first kappa shape index (κ1) is 15.9. The highest BCUT2D eigenvalue weighted by Crippen LogP contribution is 2.23. The smallest absolute Gasteiger partial charge is 0.326 e. The lowest BCUT2D eigenvalue weighted by Gasteiger charge is -2.13. The molecule has 0 heterocycles. The lowest BCUT2D eigenvalue weighted by Crippen LogP contribution is -2.40. The van der Waals surface area contributed by atoms with Crippen LogP contribution in [0.15, 0.2) is 18.2 Å². The van der Waals surface area contributed by atoms with E-state index in [9.17, 15) is 19.7 Å². The van der Waals surface area contributed by atoms with Crippen LogP contribution in [-0.2, 0) is 4.79 Å². The second-order valence-corrected chi connectivity index (χ2v) is 4.51. The number of amides is 1. The highest BCUT2D eigenvalue weighted by Gasteiger charge is 2.25. The van der Waals surface area contributed by atoms with E-state index in [1.165, 1.54) is 12.1 Å². The third kappa shape index (κ3) is 3.92. The molecule has 1 amide bonds. The first-order valence-corrected chi connectivity index (χ1v) is 6.22. The fourth-order valence-corrected chi connectivity index (χ4v) is 1.80. The van der Waals surface area contributed by atoms with Gasteiger partial charge in [-0.3, -0.25) is 14.9 Å². The molecule has 0 aliphatic heterocycles. The van der Waals surface area contributed by atoms with Crippen LogP contribution in [0, 0.1) is 10.1 Å². The second-order valence-electron chi connectivity index (χ2n) is 4.07. The molecular weight excluding hydrogens is 288 g/mol. The van der Waals surface area contributed by atoms with Crippen molar-refractivity contribution in [3.05, 3.63) is 38.9 Å². The van der Waals surface area contributed by atoms with E-state index < -0.39 is 28.5 Å². The maximum atomic E-state index is 11.9. The topological polar surface area (TPSA) is 110 Å². The van der Waals surface area contributed by atoms with E-state index in [4.69, 9.17) is 16.7 Å². The summed E-state index contributed by atoms with van der Waals surface area (Å²) in [5.41, 5.74) is -0.683. The Morgan fingerprint density at radius 1 is 1.50 bits per heavy atom. The number of nitro benzene ring substituents is 1. The highest BCUT2D eigenvalue weighted by atomic mass is 35.5.